The standard InChI is InChI=1S/C17H24N4O/c1-18-14-9-10-19-16-13(14)11-15(21-16)17(22)20-12-7-5-3-2-4-6-8-12/h9-12H,2-8H2,1H3,(H,20,22)(H2,18,19,21). The van der Waals surface area contributed by atoms with Crippen LogP contribution in [0.25, 0.3) is 11.0 Å². The van der Waals surface area contributed by atoms with Gasteiger partial charge in [-0.15, -0.1) is 0 Å². The van der Waals surface area contributed by atoms with E-state index in [1.807, 2.05) is 19.2 Å². The van der Waals surface area contributed by atoms with E-state index in [1.54, 1.807) is 6.20 Å². The number of hydrogen-bond acceptors (Lipinski definition) is 3. The SMILES string of the molecule is CNc1ccnc2[nH]c(C(=O)NC3CCCCCCC3)cc12. The lowest BCUT2D eigenvalue weighted by Gasteiger charge is -2.20. The Morgan fingerprint density at radius 2 is 1.95 bits per heavy atom. The van der Waals surface area contributed by atoms with Crippen molar-refractivity contribution in [3.8, 4) is 0 Å². The Labute approximate surface area is 130 Å². The minimum absolute atomic E-state index is 0.0226. The van der Waals surface area contributed by atoms with Crippen molar-refractivity contribution in [3.05, 3.63) is 24.0 Å². The first-order valence-corrected chi connectivity index (χ1v) is 8.24. The smallest absolute Gasteiger partial charge is 0.267 e. The molecular formula is C17H24N4O. The van der Waals surface area contributed by atoms with Crippen molar-refractivity contribution in [2.75, 3.05) is 12.4 Å². The Morgan fingerprint density at radius 1 is 1.23 bits per heavy atom. The number of amides is 1. The topological polar surface area (TPSA) is 69.8 Å². The number of carbonyl (C=O) groups is 1. The molecule has 0 atom stereocenters. The van der Waals surface area contributed by atoms with Crippen LogP contribution in [-0.4, -0.2) is 29.0 Å². The Balaban J connectivity index is 1.74. The molecule has 0 spiro atoms. The van der Waals surface area contributed by atoms with Crippen LogP contribution in [0, 0.1) is 0 Å². The summed E-state index contributed by atoms with van der Waals surface area (Å²) < 4.78 is 0. The lowest BCUT2D eigenvalue weighted by Crippen LogP contribution is -2.35. The molecule has 3 rings (SSSR count). The van der Waals surface area contributed by atoms with Crippen molar-refractivity contribution < 1.29 is 4.79 Å². The number of H-pyrrole nitrogens is 1. The number of aromatic nitrogens is 2. The van der Waals surface area contributed by atoms with Crippen LogP contribution in [0.5, 0.6) is 0 Å². The number of carbonyl (C=O) groups excluding carboxylic acids is 1. The Hall–Kier alpha value is -2.04. The van der Waals surface area contributed by atoms with Gasteiger partial charge in [0.1, 0.15) is 11.3 Å². The van der Waals surface area contributed by atoms with Crippen LogP contribution in [0.15, 0.2) is 18.3 Å². The molecule has 2 aromatic rings. The first-order valence-electron chi connectivity index (χ1n) is 8.24. The summed E-state index contributed by atoms with van der Waals surface area (Å²) in [5.74, 6) is -0.0226. The van der Waals surface area contributed by atoms with Crippen molar-refractivity contribution in [2.45, 2.75) is 51.0 Å². The fourth-order valence-electron chi connectivity index (χ4n) is 3.23. The highest BCUT2D eigenvalue weighted by atomic mass is 16.1. The van der Waals surface area contributed by atoms with E-state index in [-0.39, 0.29) is 5.91 Å². The normalized spacial score (nSPS) is 17.0. The summed E-state index contributed by atoms with van der Waals surface area (Å²) in [6.45, 7) is 0. The molecule has 5 nitrogen and oxygen atoms in total. The van der Waals surface area contributed by atoms with Gasteiger partial charge in [0, 0.05) is 30.4 Å². The lowest BCUT2D eigenvalue weighted by atomic mass is 9.96. The third-order valence-corrected chi connectivity index (χ3v) is 4.49. The maximum Gasteiger partial charge on any atom is 0.267 e. The number of anilines is 1. The molecule has 0 saturated heterocycles. The average molecular weight is 300 g/mol. The van der Waals surface area contributed by atoms with Gasteiger partial charge in [-0.25, -0.2) is 4.98 Å². The molecule has 22 heavy (non-hydrogen) atoms. The van der Waals surface area contributed by atoms with Crippen LogP contribution < -0.4 is 10.6 Å². The van der Waals surface area contributed by atoms with Gasteiger partial charge in [-0.05, 0) is 25.0 Å². The minimum Gasteiger partial charge on any atom is -0.387 e. The number of nitrogens with one attached hydrogen (secondary N) is 3. The molecular weight excluding hydrogens is 276 g/mol. The van der Waals surface area contributed by atoms with Gasteiger partial charge >= 0.3 is 0 Å². The fourth-order valence-corrected chi connectivity index (χ4v) is 3.23. The fraction of sp³-hybridized carbons (Fsp3) is 0.529. The predicted octanol–water partition coefficient (Wildman–Crippen LogP) is 3.45. The third kappa shape index (κ3) is 3.24. The Kier molecular flexibility index (Phi) is 4.61. The molecule has 2 aromatic heterocycles. The summed E-state index contributed by atoms with van der Waals surface area (Å²) in [5.41, 5.74) is 2.31. The van der Waals surface area contributed by atoms with Crippen molar-refractivity contribution in [1.29, 1.82) is 0 Å². The first kappa shape index (κ1) is 14.9. The van der Waals surface area contributed by atoms with Gasteiger partial charge in [0.05, 0.1) is 0 Å². The highest BCUT2D eigenvalue weighted by molar-refractivity contribution is 6.00. The van der Waals surface area contributed by atoms with E-state index in [0.29, 0.717) is 11.7 Å². The molecule has 1 aliphatic carbocycles. The van der Waals surface area contributed by atoms with Crippen molar-refractivity contribution in [1.82, 2.24) is 15.3 Å². The maximum atomic E-state index is 12.5. The molecule has 0 unspecified atom stereocenters. The van der Waals surface area contributed by atoms with Crippen molar-refractivity contribution in [3.63, 3.8) is 0 Å². The number of pyridine rings is 1. The van der Waals surface area contributed by atoms with Crippen molar-refractivity contribution in [2.24, 2.45) is 0 Å². The maximum absolute atomic E-state index is 12.5. The number of rotatable bonds is 3. The van der Waals surface area contributed by atoms with Crippen LogP contribution >= 0.6 is 0 Å². The predicted molar refractivity (Wildman–Crippen MR) is 89.2 cm³/mol. The monoisotopic (exact) mass is 300 g/mol. The van der Waals surface area contributed by atoms with Gasteiger partial charge < -0.3 is 15.6 Å². The van der Waals surface area contributed by atoms with E-state index in [4.69, 9.17) is 0 Å². The minimum atomic E-state index is -0.0226. The Morgan fingerprint density at radius 3 is 2.68 bits per heavy atom. The molecule has 118 valence electrons. The summed E-state index contributed by atoms with van der Waals surface area (Å²) >= 11 is 0. The van der Waals surface area contributed by atoms with Crippen molar-refractivity contribution >= 4 is 22.6 Å². The van der Waals surface area contributed by atoms with Crippen LogP contribution in [-0.2, 0) is 0 Å². The van der Waals surface area contributed by atoms with Gasteiger partial charge in [0.15, 0.2) is 0 Å². The lowest BCUT2D eigenvalue weighted by molar-refractivity contribution is 0.0926. The van der Waals surface area contributed by atoms with E-state index < -0.39 is 0 Å². The third-order valence-electron chi connectivity index (χ3n) is 4.49. The summed E-state index contributed by atoms with van der Waals surface area (Å²) in [4.78, 5) is 19.9. The van der Waals surface area contributed by atoms with Crippen LogP contribution in [0.2, 0.25) is 0 Å². The summed E-state index contributed by atoms with van der Waals surface area (Å²) in [6, 6.07) is 4.09. The van der Waals surface area contributed by atoms with Gasteiger partial charge in [-0.1, -0.05) is 32.1 Å². The number of nitrogens with zero attached hydrogens (tertiary/aromatic N) is 1. The number of fused-ring (bicyclic) bond motifs is 1. The summed E-state index contributed by atoms with van der Waals surface area (Å²) in [5, 5.41) is 7.26. The zero-order chi connectivity index (χ0) is 15.4. The second-order valence-corrected chi connectivity index (χ2v) is 6.07. The molecule has 2 heterocycles. The van der Waals surface area contributed by atoms with E-state index >= 15 is 0 Å². The van der Waals surface area contributed by atoms with E-state index in [1.165, 1.54) is 32.1 Å². The number of aromatic amines is 1. The molecule has 1 amide bonds. The van der Waals surface area contributed by atoms with Crippen LogP contribution in [0.4, 0.5) is 5.69 Å². The highest BCUT2D eigenvalue weighted by Gasteiger charge is 2.17. The molecule has 1 aliphatic rings. The van der Waals surface area contributed by atoms with Crippen LogP contribution in [0.1, 0.15) is 55.4 Å². The van der Waals surface area contributed by atoms with Gasteiger partial charge in [0.25, 0.3) is 5.91 Å². The van der Waals surface area contributed by atoms with E-state index in [2.05, 4.69) is 20.6 Å². The molecule has 0 bridgehead atoms. The van der Waals surface area contributed by atoms with Gasteiger partial charge in [-0.3, -0.25) is 4.79 Å². The zero-order valence-electron chi connectivity index (χ0n) is 13.1. The molecule has 3 N–H and O–H groups in total. The zero-order valence-corrected chi connectivity index (χ0v) is 13.1. The highest BCUT2D eigenvalue weighted by Crippen LogP contribution is 2.22. The van der Waals surface area contributed by atoms with E-state index in [0.717, 1.165) is 29.6 Å². The molecule has 5 heteroatoms. The molecule has 0 aromatic carbocycles. The average Bonchev–Trinajstić information content (AvgIpc) is 2.93. The second-order valence-electron chi connectivity index (χ2n) is 6.07. The first-order chi connectivity index (χ1) is 10.8. The summed E-state index contributed by atoms with van der Waals surface area (Å²) in [6.07, 6.45) is 10.2. The second kappa shape index (κ2) is 6.81. The Bertz CT molecular complexity index is 641. The molecule has 1 saturated carbocycles. The number of hydrogen-bond donors (Lipinski definition) is 3. The van der Waals surface area contributed by atoms with E-state index in [9.17, 15) is 4.79 Å². The molecule has 0 aliphatic heterocycles. The van der Waals surface area contributed by atoms with Crippen LogP contribution in [0.3, 0.4) is 0 Å². The molecule has 0 radical (unpaired) electrons. The molecule has 1 fully saturated rings. The van der Waals surface area contributed by atoms with Gasteiger partial charge in [0.2, 0.25) is 0 Å². The largest absolute Gasteiger partial charge is 0.387 e. The van der Waals surface area contributed by atoms with Gasteiger partial charge in [-0.2, -0.15) is 0 Å². The quantitative estimate of drug-likeness (QED) is 0.813. The summed E-state index contributed by atoms with van der Waals surface area (Å²) in [7, 11) is 1.87.